The van der Waals surface area contributed by atoms with Crippen LogP contribution in [-0.2, 0) is 14.3 Å². The van der Waals surface area contributed by atoms with Gasteiger partial charge in [-0.1, -0.05) is 12.5 Å². The third-order valence-electron chi connectivity index (χ3n) is 6.95. The van der Waals surface area contributed by atoms with Crippen LogP contribution in [-0.4, -0.2) is 17.4 Å². The van der Waals surface area contributed by atoms with Gasteiger partial charge in [0.25, 0.3) is 0 Å². The minimum Gasteiger partial charge on any atom is -0.459 e. The van der Waals surface area contributed by atoms with E-state index in [9.17, 15) is 9.59 Å². The molecule has 0 spiro atoms. The van der Waals surface area contributed by atoms with Crippen LogP contribution < -0.4 is 0 Å². The number of fused-ring (bicyclic) bond motifs is 5. The Morgan fingerprint density at radius 3 is 2.71 bits per heavy atom. The molecule has 21 heavy (non-hydrogen) atoms. The summed E-state index contributed by atoms with van der Waals surface area (Å²) in [6.07, 6.45) is 8.44. The van der Waals surface area contributed by atoms with Crippen molar-refractivity contribution in [2.24, 2.45) is 23.2 Å². The van der Waals surface area contributed by atoms with E-state index >= 15 is 0 Å². The maximum atomic E-state index is 11.9. The van der Waals surface area contributed by atoms with Crippen molar-refractivity contribution in [3.8, 4) is 0 Å². The first kappa shape index (κ1) is 13.5. The molecule has 0 radical (unpaired) electrons. The highest BCUT2D eigenvalue weighted by molar-refractivity contribution is 5.94. The molecule has 1 aliphatic heterocycles. The minimum atomic E-state index is -0.253. The van der Waals surface area contributed by atoms with Crippen LogP contribution in [0, 0.1) is 23.2 Å². The van der Waals surface area contributed by atoms with Gasteiger partial charge in [-0.2, -0.15) is 0 Å². The van der Waals surface area contributed by atoms with E-state index in [4.69, 9.17) is 4.74 Å². The highest BCUT2D eigenvalue weighted by Crippen LogP contribution is 2.62. The molecule has 1 heterocycles. The lowest BCUT2D eigenvalue weighted by Crippen LogP contribution is -2.56. The number of rotatable bonds is 0. The molecule has 0 amide bonds. The second-order valence-electron chi connectivity index (χ2n) is 8.01. The molecule has 0 bridgehead atoms. The standard InChI is InChI=1S/C18H24O3/c1-17-10-12(19)9-11(17)3-4-13-14(17)7-8-18(2)15(13)5-6-16(20)21-18/h9,13-15H,3-8,10H2,1-2H3/t13-,14+,15-,17+,18-/m0/s1. The van der Waals surface area contributed by atoms with Crippen molar-refractivity contribution in [3.63, 3.8) is 0 Å². The van der Waals surface area contributed by atoms with Crippen molar-refractivity contribution in [1.82, 2.24) is 0 Å². The molecule has 0 unspecified atom stereocenters. The Bertz CT molecular complexity index is 549. The predicted molar refractivity (Wildman–Crippen MR) is 78.5 cm³/mol. The molecule has 0 N–H and O–H groups in total. The molecule has 3 nitrogen and oxygen atoms in total. The molecule has 4 rings (SSSR count). The Morgan fingerprint density at radius 2 is 1.90 bits per heavy atom. The third-order valence-corrected chi connectivity index (χ3v) is 6.95. The van der Waals surface area contributed by atoms with Gasteiger partial charge in [-0.3, -0.25) is 9.59 Å². The summed E-state index contributed by atoms with van der Waals surface area (Å²) in [5, 5.41) is 0. The predicted octanol–water partition coefficient (Wildman–Crippen LogP) is 3.42. The summed E-state index contributed by atoms with van der Waals surface area (Å²) in [7, 11) is 0. The SMILES string of the molecule is C[C@]12CC[C@@H]3[C@H](CCC4=CC(=O)C[C@]43C)[C@@H]1CCC(=O)O2. The Balaban J connectivity index is 1.67. The molecular weight excluding hydrogens is 264 g/mol. The van der Waals surface area contributed by atoms with Crippen molar-refractivity contribution in [1.29, 1.82) is 0 Å². The molecule has 114 valence electrons. The van der Waals surface area contributed by atoms with Gasteiger partial charge in [0, 0.05) is 18.8 Å². The summed E-state index contributed by atoms with van der Waals surface area (Å²) in [5.41, 5.74) is 1.23. The Hall–Kier alpha value is -1.12. The molecule has 0 aromatic heterocycles. The zero-order valence-corrected chi connectivity index (χ0v) is 13.0. The van der Waals surface area contributed by atoms with Crippen LogP contribution in [0.5, 0.6) is 0 Å². The van der Waals surface area contributed by atoms with Crippen molar-refractivity contribution < 1.29 is 14.3 Å². The Kier molecular flexibility index (Phi) is 2.71. The van der Waals surface area contributed by atoms with Gasteiger partial charge in [-0.05, 0) is 62.4 Å². The average Bonchev–Trinajstić information content (AvgIpc) is 2.71. The molecule has 5 atom stereocenters. The first-order valence-corrected chi connectivity index (χ1v) is 8.38. The first-order valence-electron chi connectivity index (χ1n) is 8.38. The highest BCUT2D eigenvalue weighted by Gasteiger charge is 2.58. The molecule has 3 fully saturated rings. The summed E-state index contributed by atoms with van der Waals surface area (Å²) in [6.45, 7) is 4.44. The van der Waals surface area contributed by atoms with Crippen molar-refractivity contribution in [2.45, 2.75) is 64.4 Å². The second-order valence-corrected chi connectivity index (χ2v) is 8.01. The fraction of sp³-hybridized carbons (Fsp3) is 0.778. The number of hydrogen-bond donors (Lipinski definition) is 0. The zero-order chi connectivity index (χ0) is 14.8. The smallest absolute Gasteiger partial charge is 0.306 e. The third kappa shape index (κ3) is 1.79. The van der Waals surface area contributed by atoms with Crippen molar-refractivity contribution >= 4 is 11.8 Å². The summed E-state index contributed by atoms with van der Waals surface area (Å²) >= 11 is 0. The summed E-state index contributed by atoms with van der Waals surface area (Å²) in [6, 6.07) is 0. The molecule has 0 aromatic carbocycles. The molecule has 3 aliphatic carbocycles. The summed E-state index contributed by atoms with van der Waals surface area (Å²) in [4.78, 5) is 23.6. The Labute approximate surface area is 126 Å². The van der Waals surface area contributed by atoms with Gasteiger partial charge in [0.1, 0.15) is 5.60 Å². The monoisotopic (exact) mass is 288 g/mol. The van der Waals surface area contributed by atoms with Crippen LogP contribution in [0.2, 0.25) is 0 Å². The lowest BCUT2D eigenvalue weighted by molar-refractivity contribution is -0.193. The molecule has 2 saturated carbocycles. The van der Waals surface area contributed by atoms with Crippen molar-refractivity contribution in [2.75, 3.05) is 0 Å². The quantitative estimate of drug-likeness (QED) is 0.641. The lowest BCUT2D eigenvalue weighted by atomic mass is 9.50. The van der Waals surface area contributed by atoms with E-state index < -0.39 is 0 Å². The van der Waals surface area contributed by atoms with Crippen LogP contribution in [0.1, 0.15) is 58.8 Å². The number of hydrogen-bond acceptors (Lipinski definition) is 3. The van der Waals surface area contributed by atoms with E-state index in [0.717, 1.165) is 32.1 Å². The van der Waals surface area contributed by atoms with Gasteiger partial charge in [0.2, 0.25) is 0 Å². The fourth-order valence-electron chi connectivity index (χ4n) is 5.93. The van der Waals surface area contributed by atoms with Crippen LogP contribution in [0.4, 0.5) is 0 Å². The van der Waals surface area contributed by atoms with Crippen LogP contribution in [0.25, 0.3) is 0 Å². The summed E-state index contributed by atoms with van der Waals surface area (Å²) in [5.74, 6) is 1.99. The molecule has 1 saturated heterocycles. The van der Waals surface area contributed by atoms with Gasteiger partial charge in [-0.15, -0.1) is 0 Å². The lowest BCUT2D eigenvalue weighted by Gasteiger charge is -2.57. The van der Waals surface area contributed by atoms with Crippen LogP contribution >= 0.6 is 0 Å². The fourth-order valence-corrected chi connectivity index (χ4v) is 5.93. The normalized spacial score (nSPS) is 48.9. The number of esters is 1. The van der Waals surface area contributed by atoms with Gasteiger partial charge in [-0.25, -0.2) is 0 Å². The topological polar surface area (TPSA) is 43.4 Å². The van der Waals surface area contributed by atoms with E-state index in [1.165, 1.54) is 5.57 Å². The molecule has 4 aliphatic rings. The van der Waals surface area contributed by atoms with E-state index in [1.807, 2.05) is 6.08 Å². The largest absolute Gasteiger partial charge is 0.459 e. The number of ketones is 1. The zero-order valence-electron chi connectivity index (χ0n) is 13.0. The van der Waals surface area contributed by atoms with E-state index in [-0.39, 0.29) is 17.0 Å². The number of allylic oxidation sites excluding steroid dienone is 2. The van der Waals surface area contributed by atoms with Gasteiger partial charge in [0.15, 0.2) is 5.78 Å². The van der Waals surface area contributed by atoms with Crippen molar-refractivity contribution in [3.05, 3.63) is 11.6 Å². The maximum absolute atomic E-state index is 11.9. The molecule has 3 heteroatoms. The van der Waals surface area contributed by atoms with Gasteiger partial charge < -0.3 is 4.74 Å². The van der Waals surface area contributed by atoms with Crippen LogP contribution in [0.15, 0.2) is 11.6 Å². The molecule has 0 aromatic rings. The molecular formula is C18H24O3. The number of carbonyl (C=O) groups excluding carboxylic acids is 2. The Morgan fingerprint density at radius 1 is 1.10 bits per heavy atom. The second kappa shape index (κ2) is 4.21. The minimum absolute atomic E-state index is 0.0224. The first-order chi connectivity index (χ1) is 9.92. The van der Waals surface area contributed by atoms with E-state index in [0.29, 0.717) is 36.4 Å². The highest BCUT2D eigenvalue weighted by atomic mass is 16.6. The van der Waals surface area contributed by atoms with Gasteiger partial charge >= 0.3 is 5.97 Å². The van der Waals surface area contributed by atoms with E-state index in [2.05, 4.69) is 13.8 Å². The number of carbonyl (C=O) groups is 2. The number of ether oxygens (including phenoxy) is 1. The van der Waals surface area contributed by atoms with Crippen LogP contribution in [0.3, 0.4) is 0 Å². The maximum Gasteiger partial charge on any atom is 0.306 e. The average molecular weight is 288 g/mol. The summed E-state index contributed by atoms with van der Waals surface area (Å²) < 4.78 is 5.77. The van der Waals surface area contributed by atoms with Gasteiger partial charge in [0.05, 0.1) is 0 Å². The van der Waals surface area contributed by atoms with E-state index in [1.54, 1.807) is 0 Å².